The highest BCUT2D eigenvalue weighted by Crippen LogP contribution is 2.06. The number of aliphatic hydroxyl groups is 1. The van der Waals surface area contributed by atoms with E-state index >= 15 is 0 Å². The first-order valence-corrected chi connectivity index (χ1v) is 8.44. The summed E-state index contributed by atoms with van der Waals surface area (Å²) in [6.07, 6.45) is 20.4. The van der Waals surface area contributed by atoms with E-state index in [9.17, 15) is 9.90 Å². The monoisotopic (exact) mass is 308 g/mol. The van der Waals surface area contributed by atoms with Crippen molar-refractivity contribution in [3.05, 3.63) is 36.5 Å². The molecule has 0 aliphatic carbocycles. The van der Waals surface area contributed by atoms with E-state index < -0.39 is 0 Å². The Balaban J connectivity index is 3.52. The highest BCUT2D eigenvalue weighted by Gasteiger charge is 1.97. The van der Waals surface area contributed by atoms with Crippen molar-refractivity contribution in [3.63, 3.8) is 0 Å². The quantitative estimate of drug-likeness (QED) is 0.232. The standard InChI is InChI=1S/C19H32O3/c1-3-4-5-6-7-9-12-15-18(20)16-13-10-8-11-14-17-19(21)22-2/h7,9,11-12,14-15,18,20H,3-6,8,10,13,16-17H2,1-2H3/b9-7-,14-11+,15-12+/t18-/m0/s1. The van der Waals surface area contributed by atoms with Crippen molar-refractivity contribution in [2.24, 2.45) is 0 Å². The number of unbranched alkanes of at least 4 members (excludes halogenated alkanes) is 5. The number of rotatable bonds is 13. The topological polar surface area (TPSA) is 46.5 Å². The molecule has 22 heavy (non-hydrogen) atoms. The zero-order valence-corrected chi connectivity index (χ0v) is 14.2. The lowest BCUT2D eigenvalue weighted by Gasteiger charge is -2.03. The van der Waals surface area contributed by atoms with Gasteiger partial charge in [0.15, 0.2) is 0 Å². The molecule has 0 fully saturated rings. The van der Waals surface area contributed by atoms with Crippen LogP contribution in [0.15, 0.2) is 36.5 Å². The lowest BCUT2D eigenvalue weighted by atomic mass is 10.1. The predicted molar refractivity (Wildman–Crippen MR) is 92.7 cm³/mol. The normalized spacial score (nSPS) is 13.4. The summed E-state index contributed by atoms with van der Waals surface area (Å²) >= 11 is 0. The average Bonchev–Trinajstić information content (AvgIpc) is 2.52. The number of carbonyl (C=O) groups excluding carboxylic acids is 1. The van der Waals surface area contributed by atoms with Crippen LogP contribution in [-0.4, -0.2) is 24.3 Å². The maximum Gasteiger partial charge on any atom is 0.309 e. The van der Waals surface area contributed by atoms with Gasteiger partial charge in [-0.25, -0.2) is 0 Å². The average molecular weight is 308 g/mol. The van der Waals surface area contributed by atoms with Gasteiger partial charge in [-0.3, -0.25) is 4.79 Å². The molecular formula is C19H32O3. The molecule has 0 bridgehead atoms. The van der Waals surface area contributed by atoms with Crippen molar-refractivity contribution in [2.45, 2.75) is 70.8 Å². The third kappa shape index (κ3) is 15.0. The Morgan fingerprint density at radius 1 is 1.05 bits per heavy atom. The number of esters is 1. The third-order valence-electron chi connectivity index (χ3n) is 3.35. The lowest BCUT2D eigenvalue weighted by molar-refractivity contribution is -0.139. The smallest absolute Gasteiger partial charge is 0.309 e. The third-order valence-corrected chi connectivity index (χ3v) is 3.35. The van der Waals surface area contributed by atoms with E-state index in [0.29, 0.717) is 6.42 Å². The molecule has 0 aliphatic rings. The molecule has 0 aromatic rings. The molecule has 3 nitrogen and oxygen atoms in total. The second kappa shape index (κ2) is 16.0. The molecule has 0 aromatic carbocycles. The van der Waals surface area contributed by atoms with Gasteiger partial charge in [-0.05, 0) is 32.1 Å². The van der Waals surface area contributed by atoms with Crippen LogP contribution < -0.4 is 0 Å². The molecule has 1 atom stereocenters. The Morgan fingerprint density at radius 3 is 2.50 bits per heavy atom. The number of ether oxygens (including phenoxy) is 1. The molecule has 3 heteroatoms. The molecule has 0 aliphatic heterocycles. The molecule has 1 N–H and O–H groups in total. The number of aliphatic hydroxyl groups excluding tert-OH is 1. The van der Waals surface area contributed by atoms with Crippen molar-refractivity contribution >= 4 is 5.97 Å². The van der Waals surface area contributed by atoms with E-state index in [1.807, 2.05) is 30.4 Å². The summed E-state index contributed by atoms with van der Waals surface area (Å²) in [6.45, 7) is 2.20. The summed E-state index contributed by atoms with van der Waals surface area (Å²) in [7, 11) is 1.39. The first kappa shape index (κ1) is 20.6. The van der Waals surface area contributed by atoms with E-state index in [-0.39, 0.29) is 12.1 Å². The number of carbonyl (C=O) groups is 1. The Kier molecular flexibility index (Phi) is 15.0. The van der Waals surface area contributed by atoms with Crippen LogP contribution in [0, 0.1) is 0 Å². The fourth-order valence-corrected chi connectivity index (χ4v) is 1.97. The van der Waals surface area contributed by atoms with Crippen molar-refractivity contribution < 1.29 is 14.6 Å². The number of hydrogen-bond acceptors (Lipinski definition) is 3. The van der Waals surface area contributed by atoms with Crippen LogP contribution in [0.3, 0.4) is 0 Å². The van der Waals surface area contributed by atoms with Gasteiger partial charge in [-0.1, -0.05) is 62.6 Å². The first-order chi connectivity index (χ1) is 10.7. The fraction of sp³-hybridized carbons (Fsp3) is 0.632. The highest BCUT2D eigenvalue weighted by atomic mass is 16.5. The molecule has 0 aromatic heterocycles. The van der Waals surface area contributed by atoms with Crippen LogP contribution in [0.4, 0.5) is 0 Å². The second-order valence-electron chi connectivity index (χ2n) is 5.41. The van der Waals surface area contributed by atoms with Crippen molar-refractivity contribution in [1.29, 1.82) is 0 Å². The Morgan fingerprint density at radius 2 is 1.77 bits per heavy atom. The molecule has 0 heterocycles. The van der Waals surface area contributed by atoms with Crippen LogP contribution in [0.2, 0.25) is 0 Å². The van der Waals surface area contributed by atoms with Gasteiger partial charge in [0.25, 0.3) is 0 Å². The second-order valence-corrected chi connectivity index (χ2v) is 5.41. The zero-order valence-electron chi connectivity index (χ0n) is 14.2. The maximum atomic E-state index is 10.9. The predicted octanol–water partition coefficient (Wildman–Crippen LogP) is 4.72. The summed E-state index contributed by atoms with van der Waals surface area (Å²) < 4.78 is 4.55. The van der Waals surface area contributed by atoms with E-state index in [0.717, 1.165) is 32.1 Å². The Bertz CT molecular complexity index is 343. The molecule has 0 unspecified atom stereocenters. The molecule has 0 radical (unpaired) electrons. The van der Waals surface area contributed by atoms with Gasteiger partial charge in [0, 0.05) is 0 Å². The number of methoxy groups -OCH3 is 1. The van der Waals surface area contributed by atoms with Crippen molar-refractivity contribution in [3.8, 4) is 0 Å². The van der Waals surface area contributed by atoms with Gasteiger partial charge in [-0.2, -0.15) is 0 Å². The van der Waals surface area contributed by atoms with Gasteiger partial charge in [0.2, 0.25) is 0 Å². The van der Waals surface area contributed by atoms with Gasteiger partial charge < -0.3 is 9.84 Å². The fourth-order valence-electron chi connectivity index (χ4n) is 1.97. The number of hydrogen-bond donors (Lipinski definition) is 1. The summed E-state index contributed by atoms with van der Waals surface area (Å²) in [5.74, 6) is -0.209. The maximum absolute atomic E-state index is 10.9. The van der Waals surface area contributed by atoms with E-state index in [2.05, 4.69) is 17.7 Å². The first-order valence-electron chi connectivity index (χ1n) is 8.44. The SMILES string of the molecule is CCCCC/C=C\C=C\[C@H](O)CCCC/C=C/CC(=O)OC. The van der Waals surface area contributed by atoms with Gasteiger partial charge >= 0.3 is 5.97 Å². The van der Waals surface area contributed by atoms with E-state index in [4.69, 9.17) is 0 Å². The van der Waals surface area contributed by atoms with E-state index in [1.54, 1.807) is 0 Å². The van der Waals surface area contributed by atoms with Crippen LogP contribution in [0.1, 0.15) is 64.7 Å². The molecule has 0 spiro atoms. The van der Waals surface area contributed by atoms with Crippen molar-refractivity contribution in [1.82, 2.24) is 0 Å². The van der Waals surface area contributed by atoms with Crippen LogP contribution in [-0.2, 0) is 9.53 Å². The Labute approximate surface area is 135 Å². The van der Waals surface area contributed by atoms with Crippen molar-refractivity contribution in [2.75, 3.05) is 7.11 Å². The summed E-state index contributed by atoms with van der Waals surface area (Å²) in [5.41, 5.74) is 0. The minimum Gasteiger partial charge on any atom is -0.469 e. The van der Waals surface area contributed by atoms with E-state index in [1.165, 1.54) is 26.4 Å². The minimum atomic E-state index is -0.362. The molecule has 0 saturated carbocycles. The summed E-state index contributed by atoms with van der Waals surface area (Å²) in [6, 6.07) is 0. The Hall–Kier alpha value is -1.35. The van der Waals surface area contributed by atoms with Gasteiger partial charge in [0.1, 0.15) is 0 Å². The summed E-state index contributed by atoms with van der Waals surface area (Å²) in [4.78, 5) is 10.9. The molecule has 0 saturated heterocycles. The zero-order chi connectivity index (χ0) is 16.5. The summed E-state index contributed by atoms with van der Waals surface area (Å²) in [5, 5.41) is 9.80. The largest absolute Gasteiger partial charge is 0.469 e. The van der Waals surface area contributed by atoms with Gasteiger partial charge in [-0.15, -0.1) is 0 Å². The van der Waals surface area contributed by atoms with Crippen LogP contribution >= 0.6 is 0 Å². The van der Waals surface area contributed by atoms with Gasteiger partial charge in [0.05, 0.1) is 19.6 Å². The van der Waals surface area contributed by atoms with Crippen LogP contribution in [0.25, 0.3) is 0 Å². The minimum absolute atomic E-state index is 0.209. The van der Waals surface area contributed by atoms with Crippen LogP contribution in [0.5, 0.6) is 0 Å². The lowest BCUT2D eigenvalue weighted by Crippen LogP contribution is -2.00. The number of allylic oxidation sites excluding steroid dienone is 4. The highest BCUT2D eigenvalue weighted by molar-refractivity contribution is 5.70. The molecular weight excluding hydrogens is 276 g/mol. The molecule has 126 valence electrons. The molecule has 0 amide bonds. The molecule has 0 rings (SSSR count).